The highest BCUT2D eigenvalue weighted by atomic mass is 35.7. The van der Waals surface area contributed by atoms with E-state index in [2.05, 4.69) is 19.9 Å². The van der Waals surface area contributed by atoms with Crippen LogP contribution in [0.3, 0.4) is 0 Å². The van der Waals surface area contributed by atoms with Crippen LogP contribution in [0.2, 0.25) is 0 Å². The standard InChI is InChI=1S/C23H33ClO4S2/c1-13(25)27-16-11-15-5-6-17-18-7-8-20(28-14(2)26)22(18,3)10-9-19(17)23(15,4)21(12-16)29-30-24/h5,16-21H,6-12H2,1-4H3/t16-,17-,18-,19-,20-,21-,22-,23-/m0/s1. The molecule has 0 N–H and O–H groups in total. The molecular formula is C23H33ClO4S2. The number of hydrogen-bond acceptors (Lipinski definition) is 6. The summed E-state index contributed by atoms with van der Waals surface area (Å²) < 4.78 is 11.4. The normalized spacial score (nSPS) is 44.9. The van der Waals surface area contributed by atoms with Crippen LogP contribution in [0, 0.1) is 28.6 Å². The van der Waals surface area contributed by atoms with E-state index in [9.17, 15) is 9.59 Å². The molecule has 8 atom stereocenters. The third kappa shape index (κ3) is 3.73. The molecule has 7 heteroatoms. The van der Waals surface area contributed by atoms with Crippen molar-refractivity contribution in [2.45, 2.75) is 90.1 Å². The summed E-state index contributed by atoms with van der Waals surface area (Å²) in [7, 11) is 9.19. The van der Waals surface area contributed by atoms with Gasteiger partial charge in [0.1, 0.15) is 12.2 Å². The molecule has 0 unspecified atom stereocenters. The number of halogens is 1. The lowest BCUT2D eigenvalue weighted by molar-refractivity contribution is -0.156. The molecule has 4 aliphatic rings. The van der Waals surface area contributed by atoms with E-state index < -0.39 is 0 Å². The van der Waals surface area contributed by atoms with Crippen molar-refractivity contribution in [1.29, 1.82) is 0 Å². The zero-order valence-corrected chi connectivity index (χ0v) is 20.7. The van der Waals surface area contributed by atoms with Crippen LogP contribution in [-0.4, -0.2) is 29.4 Å². The van der Waals surface area contributed by atoms with Gasteiger partial charge in [-0.2, -0.15) is 0 Å². The maximum absolute atomic E-state index is 11.7. The Morgan fingerprint density at radius 1 is 1.10 bits per heavy atom. The second-order valence-corrected chi connectivity index (χ2v) is 13.1. The Morgan fingerprint density at radius 2 is 1.83 bits per heavy atom. The first-order valence-corrected chi connectivity index (χ1v) is 14.2. The fraction of sp³-hybridized carbons (Fsp3) is 0.826. The van der Waals surface area contributed by atoms with E-state index in [-0.39, 0.29) is 35.0 Å². The van der Waals surface area contributed by atoms with Crippen molar-refractivity contribution in [3.63, 3.8) is 0 Å². The largest absolute Gasteiger partial charge is 0.462 e. The maximum Gasteiger partial charge on any atom is 0.302 e. The fourth-order valence-corrected chi connectivity index (χ4v) is 10.3. The van der Waals surface area contributed by atoms with Crippen molar-refractivity contribution in [2.75, 3.05) is 0 Å². The lowest BCUT2D eigenvalue weighted by atomic mass is 9.47. The smallest absolute Gasteiger partial charge is 0.302 e. The first-order chi connectivity index (χ1) is 14.2. The van der Waals surface area contributed by atoms with Gasteiger partial charge in [-0.15, -0.1) is 0 Å². The van der Waals surface area contributed by atoms with Gasteiger partial charge in [0, 0.05) is 46.4 Å². The SMILES string of the molecule is CC(=O)O[C@H]1CC2=CC[C@H]3[C@@H]4CC[C@H](OC(C)=O)[C@@]4(C)CC[C@@H]3[C@@]2(C)[C@@H](SSCl)C1. The summed E-state index contributed by atoms with van der Waals surface area (Å²) in [6.45, 7) is 7.82. The number of fused-ring (bicyclic) bond motifs is 5. The van der Waals surface area contributed by atoms with Crippen LogP contribution in [0.1, 0.15) is 72.6 Å². The quantitative estimate of drug-likeness (QED) is 0.271. The van der Waals surface area contributed by atoms with E-state index in [1.54, 1.807) is 10.8 Å². The number of carbonyl (C=O) groups excluding carboxylic acids is 2. The highest BCUT2D eigenvalue weighted by Crippen LogP contribution is 2.67. The molecule has 0 heterocycles. The van der Waals surface area contributed by atoms with Crippen LogP contribution in [0.5, 0.6) is 0 Å². The third-order valence-electron chi connectivity index (χ3n) is 8.84. The molecule has 168 valence electrons. The van der Waals surface area contributed by atoms with E-state index in [4.69, 9.17) is 20.2 Å². The van der Waals surface area contributed by atoms with Gasteiger partial charge in [0.2, 0.25) is 0 Å². The Kier molecular flexibility index (Phi) is 6.51. The number of rotatable bonds is 4. The van der Waals surface area contributed by atoms with Crippen molar-refractivity contribution in [2.24, 2.45) is 28.6 Å². The molecule has 4 nitrogen and oxygen atoms in total. The summed E-state index contributed by atoms with van der Waals surface area (Å²) in [5.41, 5.74) is 1.63. The number of hydrogen-bond donors (Lipinski definition) is 0. The van der Waals surface area contributed by atoms with Crippen LogP contribution in [0.25, 0.3) is 0 Å². The van der Waals surface area contributed by atoms with E-state index in [1.165, 1.54) is 29.4 Å². The lowest BCUT2D eigenvalue weighted by Crippen LogP contribution is -2.55. The van der Waals surface area contributed by atoms with Crippen LogP contribution < -0.4 is 0 Å². The molecule has 0 aromatic rings. The topological polar surface area (TPSA) is 52.6 Å². The molecule has 0 amide bonds. The molecule has 0 bridgehead atoms. The Hall–Kier alpha value is -0.330. The van der Waals surface area contributed by atoms with Gasteiger partial charge >= 0.3 is 11.9 Å². The summed E-state index contributed by atoms with van der Waals surface area (Å²) in [6, 6.07) is 0. The molecule has 4 aliphatic carbocycles. The molecule has 4 rings (SSSR count). The summed E-state index contributed by atoms with van der Waals surface area (Å²) in [4.78, 5) is 23.3. The van der Waals surface area contributed by atoms with Crippen molar-refractivity contribution in [3.05, 3.63) is 11.6 Å². The van der Waals surface area contributed by atoms with Crippen LogP contribution in [-0.2, 0) is 19.1 Å². The van der Waals surface area contributed by atoms with Gasteiger partial charge in [-0.25, -0.2) is 0 Å². The lowest BCUT2D eigenvalue weighted by Gasteiger charge is -2.59. The Labute approximate surface area is 192 Å². The molecule has 0 saturated heterocycles. The molecular weight excluding hydrogens is 440 g/mol. The maximum atomic E-state index is 11.7. The van der Waals surface area contributed by atoms with Gasteiger partial charge < -0.3 is 9.47 Å². The molecule has 0 aromatic carbocycles. The minimum absolute atomic E-state index is 0.0478. The van der Waals surface area contributed by atoms with Gasteiger partial charge in [-0.3, -0.25) is 9.59 Å². The van der Waals surface area contributed by atoms with E-state index in [1.807, 2.05) is 0 Å². The Balaban J connectivity index is 1.63. The first kappa shape index (κ1) is 22.8. The molecule has 3 saturated carbocycles. The van der Waals surface area contributed by atoms with Gasteiger partial charge in [0.15, 0.2) is 0 Å². The van der Waals surface area contributed by atoms with Crippen molar-refractivity contribution in [3.8, 4) is 0 Å². The van der Waals surface area contributed by atoms with Crippen LogP contribution >= 0.6 is 31.5 Å². The van der Waals surface area contributed by atoms with Crippen LogP contribution in [0.15, 0.2) is 11.6 Å². The molecule has 0 spiro atoms. The van der Waals surface area contributed by atoms with E-state index in [0.717, 1.165) is 44.9 Å². The van der Waals surface area contributed by atoms with Gasteiger partial charge in [-0.05, 0) is 67.0 Å². The van der Waals surface area contributed by atoms with E-state index in [0.29, 0.717) is 23.0 Å². The predicted octanol–water partition coefficient (Wildman–Crippen LogP) is 6.33. The summed E-state index contributed by atoms with van der Waals surface area (Å²) in [5.74, 6) is 1.46. The molecule has 0 radical (unpaired) electrons. The molecule has 30 heavy (non-hydrogen) atoms. The van der Waals surface area contributed by atoms with Gasteiger partial charge in [-0.1, -0.05) is 36.3 Å². The Bertz CT molecular complexity index is 743. The van der Waals surface area contributed by atoms with Crippen LogP contribution in [0.4, 0.5) is 0 Å². The number of carbonyl (C=O) groups is 2. The highest BCUT2D eigenvalue weighted by Gasteiger charge is 2.61. The van der Waals surface area contributed by atoms with Gasteiger partial charge in [0.25, 0.3) is 0 Å². The van der Waals surface area contributed by atoms with Crippen molar-refractivity contribution in [1.82, 2.24) is 0 Å². The zero-order chi connectivity index (χ0) is 21.7. The summed E-state index contributed by atoms with van der Waals surface area (Å²) in [6.07, 6.45) is 9.66. The number of ether oxygens (including phenoxy) is 2. The predicted molar refractivity (Wildman–Crippen MR) is 123 cm³/mol. The molecule has 3 fully saturated rings. The second kappa shape index (κ2) is 8.55. The average Bonchev–Trinajstić information content (AvgIpc) is 2.98. The summed E-state index contributed by atoms with van der Waals surface area (Å²) >= 11 is 0. The minimum atomic E-state index is -0.198. The highest BCUT2D eigenvalue weighted by molar-refractivity contribution is 8.85. The molecule has 0 aromatic heterocycles. The van der Waals surface area contributed by atoms with Crippen molar-refractivity contribution < 1.29 is 19.1 Å². The average molecular weight is 473 g/mol. The number of esters is 2. The number of allylic oxidation sites excluding steroid dienone is 1. The first-order valence-electron chi connectivity index (χ1n) is 11.2. The zero-order valence-electron chi connectivity index (χ0n) is 18.3. The second-order valence-electron chi connectivity index (χ2n) is 10.2. The summed E-state index contributed by atoms with van der Waals surface area (Å²) in [5, 5.41) is 0.326. The van der Waals surface area contributed by atoms with Crippen molar-refractivity contribution >= 4 is 43.4 Å². The van der Waals surface area contributed by atoms with Gasteiger partial charge in [0.05, 0.1) is 0 Å². The Morgan fingerprint density at radius 3 is 2.50 bits per heavy atom. The minimum Gasteiger partial charge on any atom is -0.462 e. The van der Waals surface area contributed by atoms with E-state index >= 15 is 0 Å². The third-order valence-corrected chi connectivity index (χ3v) is 11.4. The molecule has 0 aliphatic heterocycles. The monoisotopic (exact) mass is 472 g/mol. The fourth-order valence-electron chi connectivity index (χ4n) is 7.51.